The van der Waals surface area contributed by atoms with Crippen molar-refractivity contribution < 1.29 is 13.9 Å². The van der Waals surface area contributed by atoms with Crippen LogP contribution in [0.1, 0.15) is 27.0 Å². The molecule has 2 aromatic rings. The maximum Gasteiger partial charge on any atom is 0.194 e. The first-order valence-corrected chi connectivity index (χ1v) is 5.59. The Hall–Kier alpha value is -2.07. The summed E-state index contributed by atoms with van der Waals surface area (Å²) in [7, 11) is 0. The first kappa shape index (κ1) is 11.0. The molecular weight excluding hydrogens is 233 g/mol. The van der Waals surface area contributed by atoms with Gasteiger partial charge in [0.1, 0.15) is 5.82 Å². The summed E-state index contributed by atoms with van der Waals surface area (Å²) in [6.45, 7) is 1.11. The van der Waals surface area contributed by atoms with Crippen LogP contribution in [0.2, 0.25) is 0 Å². The van der Waals surface area contributed by atoms with Crippen LogP contribution in [0.25, 0.3) is 0 Å². The molecule has 18 heavy (non-hydrogen) atoms. The van der Waals surface area contributed by atoms with E-state index >= 15 is 0 Å². The van der Waals surface area contributed by atoms with Gasteiger partial charge in [0, 0.05) is 17.3 Å². The third kappa shape index (κ3) is 1.91. The summed E-state index contributed by atoms with van der Waals surface area (Å²) in [6.07, 6.45) is 2.45. The zero-order chi connectivity index (χ0) is 12.5. The number of hydrogen-bond donors (Lipinski definition) is 0. The summed E-state index contributed by atoms with van der Waals surface area (Å²) < 4.78 is 18.3. The van der Waals surface area contributed by atoms with Gasteiger partial charge in [0.2, 0.25) is 0 Å². The lowest BCUT2D eigenvalue weighted by Gasteiger charge is -2.03. The molecule has 3 rings (SSSR count). The van der Waals surface area contributed by atoms with E-state index in [2.05, 4.69) is 4.98 Å². The van der Waals surface area contributed by atoms with Crippen LogP contribution in [0.3, 0.4) is 0 Å². The Morgan fingerprint density at radius 1 is 1.11 bits per heavy atom. The second-order valence-electron chi connectivity index (χ2n) is 4.20. The fourth-order valence-electron chi connectivity index (χ4n) is 2.02. The number of nitrogens with zero attached hydrogens (tertiary/aromatic N) is 1. The molecule has 0 radical (unpaired) electrons. The minimum absolute atomic E-state index is 0.225. The monoisotopic (exact) mass is 243 g/mol. The van der Waals surface area contributed by atoms with E-state index in [0.717, 1.165) is 17.3 Å². The van der Waals surface area contributed by atoms with Crippen LogP contribution in [0.5, 0.6) is 0 Å². The number of ketones is 1. The molecule has 0 fully saturated rings. The molecule has 0 spiro atoms. The summed E-state index contributed by atoms with van der Waals surface area (Å²) in [4.78, 5) is 15.8. The average molecular weight is 243 g/mol. The lowest BCUT2D eigenvalue weighted by atomic mass is 10.0. The number of carbonyl (C=O) groups excluding carboxylic acids is 1. The summed E-state index contributed by atoms with van der Waals surface area (Å²) in [5.41, 5.74) is 2.91. The van der Waals surface area contributed by atoms with Crippen molar-refractivity contribution in [1.82, 2.24) is 4.98 Å². The van der Waals surface area contributed by atoms with E-state index in [4.69, 9.17) is 4.74 Å². The number of halogens is 1. The van der Waals surface area contributed by atoms with E-state index in [1.807, 2.05) is 6.07 Å². The maximum atomic E-state index is 13.0. The largest absolute Gasteiger partial charge is 0.372 e. The maximum absolute atomic E-state index is 13.0. The lowest BCUT2D eigenvalue weighted by Crippen LogP contribution is -2.03. The van der Waals surface area contributed by atoms with Gasteiger partial charge in [0.15, 0.2) is 5.78 Å². The number of aromatic nitrogens is 1. The van der Waals surface area contributed by atoms with Gasteiger partial charge in [0.25, 0.3) is 0 Å². The molecule has 3 nitrogen and oxygen atoms in total. The second-order valence-corrected chi connectivity index (χ2v) is 4.20. The van der Waals surface area contributed by atoms with Crippen molar-refractivity contribution in [2.24, 2.45) is 0 Å². The van der Waals surface area contributed by atoms with Crippen LogP contribution >= 0.6 is 0 Å². The van der Waals surface area contributed by atoms with Crippen LogP contribution in [0.4, 0.5) is 4.39 Å². The van der Waals surface area contributed by atoms with Crippen LogP contribution in [0, 0.1) is 5.82 Å². The van der Waals surface area contributed by atoms with E-state index < -0.39 is 5.82 Å². The van der Waals surface area contributed by atoms with Gasteiger partial charge in [-0.05, 0) is 23.3 Å². The van der Waals surface area contributed by atoms with Gasteiger partial charge >= 0.3 is 0 Å². The fraction of sp³-hybridized carbons (Fsp3) is 0.143. The van der Waals surface area contributed by atoms with E-state index in [1.54, 1.807) is 12.1 Å². The van der Waals surface area contributed by atoms with Gasteiger partial charge in [-0.25, -0.2) is 4.39 Å². The van der Waals surface area contributed by atoms with Crippen LogP contribution in [-0.2, 0) is 18.0 Å². The number of hydrogen-bond acceptors (Lipinski definition) is 3. The standard InChI is InChI=1S/C14H10FNO2/c15-13-4-11(5-16-6-13)14(17)9-1-2-10-7-18-8-12(10)3-9/h1-6H,7-8H2. The van der Waals surface area contributed by atoms with Gasteiger partial charge in [-0.3, -0.25) is 9.78 Å². The van der Waals surface area contributed by atoms with Crippen molar-refractivity contribution in [2.45, 2.75) is 13.2 Å². The molecule has 1 aromatic carbocycles. The SMILES string of the molecule is O=C(c1cncc(F)c1)c1ccc2c(c1)COC2. The normalized spacial score (nSPS) is 13.4. The number of rotatable bonds is 2. The highest BCUT2D eigenvalue weighted by Gasteiger charge is 2.15. The molecule has 0 N–H and O–H groups in total. The summed E-state index contributed by atoms with van der Waals surface area (Å²) >= 11 is 0. The summed E-state index contributed by atoms with van der Waals surface area (Å²) in [6, 6.07) is 6.61. The molecule has 1 aliphatic heterocycles. The number of benzene rings is 1. The number of ether oxygens (including phenoxy) is 1. The topological polar surface area (TPSA) is 39.2 Å². The fourth-order valence-corrected chi connectivity index (χ4v) is 2.02. The van der Waals surface area contributed by atoms with Gasteiger partial charge in [-0.2, -0.15) is 0 Å². The highest BCUT2D eigenvalue weighted by Crippen LogP contribution is 2.22. The minimum atomic E-state index is -0.509. The molecule has 1 aliphatic rings. The molecular formula is C14H10FNO2. The number of carbonyl (C=O) groups is 1. The molecule has 0 saturated heterocycles. The van der Waals surface area contributed by atoms with Crippen molar-refractivity contribution in [3.05, 3.63) is 64.7 Å². The van der Waals surface area contributed by atoms with Crippen molar-refractivity contribution >= 4 is 5.78 Å². The Bertz CT molecular complexity index is 625. The Morgan fingerprint density at radius 3 is 2.78 bits per heavy atom. The molecule has 2 heterocycles. The first-order chi connectivity index (χ1) is 8.74. The molecule has 4 heteroatoms. The Kier molecular flexibility index (Phi) is 2.64. The van der Waals surface area contributed by atoms with Gasteiger partial charge in [0.05, 0.1) is 19.4 Å². The van der Waals surface area contributed by atoms with Crippen molar-refractivity contribution in [3.63, 3.8) is 0 Å². The highest BCUT2D eigenvalue weighted by atomic mass is 19.1. The molecule has 0 bridgehead atoms. The third-order valence-electron chi connectivity index (χ3n) is 2.95. The quantitative estimate of drug-likeness (QED) is 0.761. The average Bonchev–Trinajstić information content (AvgIpc) is 2.85. The predicted molar refractivity (Wildman–Crippen MR) is 62.6 cm³/mol. The van der Waals surface area contributed by atoms with E-state index in [0.29, 0.717) is 18.8 Å². The first-order valence-electron chi connectivity index (χ1n) is 5.59. The Labute approximate surface area is 103 Å². The third-order valence-corrected chi connectivity index (χ3v) is 2.95. The van der Waals surface area contributed by atoms with Crippen molar-refractivity contribution in [3.8, 4) is 0 Å². The zero-order valence-electron chi connectivity index (χ0n) is 9.52. The van der Waals surface area contributed by atoms with Crippen LogP contribution in [0.15, 0.2) is 36.7 Å². The van der Waals surface area contributed by atoms with Gasteiger partial charge in [-0.15, -0.1) is 0 Å². The van der Waals surface area contributed by atoms with E-state index in [-0.39, 0.29) is 11.3 Å². The Balaban J connectivity index is 1.98. The summed E-state index contributed by atoms with van der Waals surface area (Å²) in [5, 5.41) is 0. The van der Waals surface area contributed by atoms with E-state index in [9.17, 15) is 9.18 Å². The molecule has 0 saturated carbocycles. The number of pyridine rings is 1. The number of fused-ring (bicyclic) bond motifs is 1. The smallest absolute Gasteiger partial charge is 0.194 e. The summed E-state index contributed by atoms with van der Waals surface area (Å²) in [5.74, 6) is -0.734. The van der Waals surface area contributed by atoms with Gasteiger partial charge < -0.3 is 4.74 Å². The molecule has 0 unspecified atom stereocenters. The van der Waals surface area contributed by atoms with Crippen LogP contribution < -0.4 is 0 Å². The minimum Gasteiger partial charge on any atom is -0.372 e. The van der Waals surface area contributed by atoms with Crippen molar-refractivity contribution in [2.75, 3.05) is 0 Å². The van der Waals surface area contributed by atoms with Crippen molar-refractivity contribution in [1.29, 1.82) is 0 Å². The predicted octanol–water partition coefficient (Wildman–Crippen LogP) is 2.48. The zero-order valence-corrected chi connectivity index (χ0v) is 9.52. The lowest BCUT2D eigenvalue weighted by molar-refractivity contribution is 0.103. The molecule has 1 aromatic heterocycles. The van der Waals surface area contributed by atoms with Gasteiger partial charge in [-0.1, -0.05) is 12.1 Å². The molecule has 90 valence electrons. The van der Waals surface area contributed by atoms with E-state index in [1.165, 1.54) is 12.3 Å². The second kappa shape index (κ2) is 4.31. The Morgan fingerprint density at radius 2 is 1.94 bits per heavy atom. The highest BCUT2D eigenvalue weighted by molar-refractivity contribution is 6.08. The van der Waals surface area contributed by atoms with Crippen LogP contribution in [-0.4, -0.2) is 10.8 Å². The molecule has 0 atom stereocenters. The molecule has 0 amide bonds. The molecule has 0 aliphatic carbocycles.